The van der Waals surface area contributed by atoms with Gasteiger partial charge in [-0.15, -0.1) is 0 Å². The minimum Gasteiger partial charge on any atom is -0.386 e. The van der Waals surface area contributed by atoms with Gasteiger partial charge in [0.15, 0.2) is 0 Å². The molecule has 108 valence electrons. The first-order chi connectivity index (χ1) is 9.06. The average molecular weight is 321 g/mol. The lowest BCUT2D eigenvalue weighted by Crippen LogP contribution is -2.32. The second-order valence-electron chi connectivity index (χ2n) is 5.01. The van der Waals surface area contributed by atoms with E-state index in [2.05, 4.69) is 25.9 Å². The van der Waals surface area contributed by atoms with Gasteiger partial charge in [0.2, 0.25) is 0 Å². The molecule has 3 atom stereocenters. The first kappa shape index (κ1) is 15.5. The summed E-state index contributed by atoms with van der Waals surface area (Å²) in [5, 5.41) is 16.3. The van der Waals surface area contributed by atoms with Gasteiger partial charge in [-0.3, -0.25) is 4.68 Å². The molecule has 2 heterocycles. The molecular formula is C13H21ClN2OS2. The summed E-state index contributed by atoms with van der Waals surface area (Å²) in [4.78, 5) is 0. The molecule has 0 saturated carbocycles. The van der Waals surface area contributed by atoms with Gasteiger partial charge in [0.25, 0.3) is 0 Å². The third-order valence-electron chi connectivity index (χ3n) is 3.36. The van der Waals surface area contributed by atoms with E-state index in [4.69, 9.17) is 11.6 Å². The number of hydrogen-bond donors (Lipinski definition) is 1. The number of hydrogen-bond acceptors (Lipinski definition) is 4. The van der Waals surface area contributed by atoms with Crippen LogP contribution < -0.4 is 0 Å². The summed E-state index contributed by atoms with van der Waals surface area (Å²) in [5.74, 6) is 2.26. The van der Waals surface area contributed by atoms with Crippen LogP contribution in [-0.4, -0.2) is 36.9 Å². The average Bonchev–Trinajstić information content (AvgIpc) is 2.80. The molecular weight excluding hydrogens is 300 g/mol. The van der Waals surface area contributed by atoms with Crippen LogP contribution in [0.15, 0.2) is 6.20 Å². The van der Waals surface area contributed by atoms with Crippen molar-refractivity contribution in [2.45, 2.75) is 49.8 Å². The van der Waals surface area contributed by atoms with Crippen LogP contribution in [0.2, 0.25) is 5.02 Å². The van der Waals surface area contributed by atoms with Crippen LogP contribution >= 0.6 is 35.1 Å². The fourth-order valence-electron chi connectivity index (χ4n) is 2.43. The molecule has 0 radical (unpaired) electrons. The van der Waals surface area contributed by atoms with Crippen LogP contribution in [0.1, 0.15) is 45.0 Å². The monoisotopic (exact) mass is 320 g/mol. The summed E-state index contributed by atoms with van der Waals surface area (Å²) in [6.45, 7) is 6.30. The number of rotatable bonds is 4. The second-order valence-corrected chi connectivity index (χ2v) is 8.05. The molecule has 1 aromatic rings. The van der Waals surface area contributed by atoms with Crippen molar-refractivity contribution in [3.05, 3.63) is 16.9 Å². The van der Waals surface area contributed by atoms with Gasteiger partial charge in [-0.1, -0.05) is 18.5 Å². The molecule has 2 rings (SSSR count). The Kier molecular flexibility index (Phi) is 5.52. The number of aromatic nitrogens is 2. The van der Waals surface area contributed by atoms with Crippen molar-refractivity contribution in [1.29, 1.82) is 0 Å². The number of aliphatic hydroxyl groups is 1. The van der Waals surface area contributed by atoms with Crippen LogP contribution in [-0.2, 0) is 0 Å². The predicted octanol–water partition coefficient (Wildman–Crippen LogP) is 3.78. The summed E-state index contributed by atoms with van der Waals surface area (Å²) < 4.78 is 1.85. The van der Waals surface area contributed by atoms with Crippen LogP contribution in [0, 0.1) is 0 Å². The van der Waals surface area contributed by atoms with Gasteiger partial charge in [-0.25, -0.2) is 0 Å². The van der Waals surface area contributed by atoms with Crippen LogP contribution in [0.5, 0.6) is 0 Å². The minimum absolute atomic E-state index is 0.204. The fraction of sp³-hybridized carbons (Fsp3) is 0.769. The zero-order valence-electron chi connectivity index (χ0n) is 11.5. The smallest absolute Gasteiger partial charge is 0.110 e. The molecule has 1 saturated heterocycles. The molecule has 1 fully saturated rings. The van der Waals surface area contributed by atoms with Crippen molar-refractivity contribution < 1.29 is 5.11 Å². The third-order valence-corrected chi connectivity index (χ3v) is 6.99. The number of thioether (sulfide) groups is 2. The summed E-state index contributed by atoms with van der Waals surface area (Å²) >= 11 is 10.1. The van der Waals surface area contributed by atoms with Gasteiger partial charge < -0.3 is 5.11 Å². The van der Waals surface area contributed by atoms with E-state index in [-0.39, 0.29) is 11.3 Å². The summed E-state index contributed by atoms with van der Waals surface area (Å²) in [7, 11) is 0. The lowest BCUT2D eigenvalue weighted by atomic mass is 10.1. The zero-order chi connectivity index (χ0) is 14.0. The zero-order valence-corrected chi connectivity index (χ0v) is 13.9. The standard InChI is InChI=1S/C13H21ClN2OS2/c1-4-10-13(19-6-5-18-10)12(17)11-9(14)7-15-16(11)8(2)3/h7-8,10,12-13,17H,4-6H2,1-3H3. The van der Waals surface area contributed by atoms with Crippen LogP contribution in [0.3, 0.4) is 0 Å². The van der Waals surface area contributed by atoms with Crippen LogP contribution in [0.25, 0.3) is 0 Å². The molecule has 1 N–H and O–H groups in total. The highest BCUT2D eigenvalue weighted by Gasteiger charge is 2.35. The van der Waals surface area contributed by atoms with E-state index >= 15 is 0 Å². The molecule has 1 aromatic heterocycles. The summed E-state index contributed by atoms with van der Waals surface area (Å²) in [6, 6.07) is 0.207. The number of aliphatic hydroxyl groups excluding tert-OH is 1. The van der Waals surface area contributed by atoms with Gasteiger partial charge in [-0.05, 0) is 20.3 Å². The van der Waals surface area contributed by atoms with Crippen molar-refractivity contribution in [2.75, 3.05) is 11.5 Å². The van der Waals surface area contributed by atoms with Crippen molar-refractivity contribution in [2.24, 2.45) is 0 Å². The molecule has 3 unspecified atom stereocenters. The first-order valence-electron chi connectivity index (χ1n) is 6.70. The Labute approximate surface area is 128 Å². The lowest BCUT2D eigenvalue weighted by molar-refractivity contribution is 0.159. The molecule has 0 aliphatic carbocycles. The Morgan fingerprint density at radius 3 is 2.79 bits per heavy atom. The van der Waals surface area contributed by atoms with Gasteiger partial charge in [-0.2, -0.15) is 28.6 Å². The Hall–Kier alpha value is 0.160. The molecule has 19 heavy (non-hydrogen) atoms. The van der Waals surface area contributed by atoms with E-state index in [1.165, 1.54) is 5.75 Å². The molecule has 6 heteroatoms. The highest BCUT2D eigenvalue weighted by molar-refractivity contribution is 8.07. The lowest BCUT2D eigenvalue weighted by Gasteiger charge is -2.34. The maximum atomic E-state index is 10.8. The predicted molar refractivity (Wildman–Crippen MR) is 85.4 cm³/mol. The molecule has 0 amide bonds. The molecule has 1 aliphatic heterocycles. The van der Waals surface area contributed by atoms with E-state index < -0.39 is 6.10 Å². The van der Waals surface area contributed by atoms with Crippen molar-refractivity contribution in [3.8, 4) is 0 Å². The largest absolute Gasteiger partial charge is 0.386 e. The first-order valence-corrected chi connectivity index (χ1v) is 9.18. The van der Waals surface area contributed by atoms with Gasteiger partial charge in [0, 0.05) is 28.0 Å². The van der Waals surface area contributed by atoms with Gasteiger partial charge >= 0.3 is 0 Å². The van der Waals surface area contributed by atoms with Gasteiger partial charge in [0.05, 0.1) is 16.9 Å². The fourth-order valence-corrected chi connectivity index (χ4v) is 5.78. The molecule has 0 spiro atoms. The number of nitrogens with zero attached hydrogens (tertiary/aromatic N) is 2. The Bertz CT molecular complexity index is 425. The van der Waals surface area contributed by atoms with E-state index in [0.29, 0.717) is 10.3 Å². The van der Waals surface area contributed by atoms with E-state index in [9.17, 15) is 5.11 Å². The highest BCUT2D eigenvalue weighted by Crippen LogP contribution is 2.42. The van der Waals surface area contributed by atoms with Crippen molar-refractivity contribution >= 4 is 35.1 Å². The molecule has 3 nitrogen and oxygen atoms in total. The molecule has 1 aliphatic rings. The van der Waals surface area contributed by atoms with Crippen molar-refractivity contribution in [1.82, 2.24) is 9.78 Å². The maximum absolute atomic E-state index is 10.8. The Morgan fingerprint density at radius 1 is 1.47 bits per heavy atom. The SMILES string of the molecule is CCC1SCCSC1C(O)c1c(Cl)cnn1C(C)C. The summed E-state index contributed by atoms with van der Waals surface area (Å²) in [5.41, 5.74) is 0.773. The van der Waals surface area contributed by atoms with Crippen LogP contribution in [0.4, 0.5) is 0 Å². The van der Waals surface area contributed by atoms with Gasteiger partial charge in [0.1, 0.15) is 6.10 Å². The Balaban J connectivity index is 2.27. The highest BCUT2D eigenvalue weighted by atomic mass is 35.5. The summed E-state index contributed by atoms with van der Waals surface area (Å²) in [6.07, 6.45) is 2.18. The molecule has 0 bridgehead atoms. The number of halogens is 1. The third kappa shape index (κ3) is 3.26. The topological polar surface area (TPSA) is 38.1 Å². The minimum atomic E-state index is -0.542. The molecule has 0 aromatic carbocycles. The Morgan fingerprint density at radius 2 is 2.16 bits per heavy atom. The normalized spacial score (nSPS) is 25.8. The van der Waals surface area contributed by atoms with E-state index in [0.717, 1.165) is 17.9 Å². The second kappa shape index (κ2) is 6.74. The quantitative estimate of drug-likeness (QED) is 0.916. The van der Waals surface area contributed by atoms with Crippen molar-refractivity contribution in [3.63, 3.8) is 0 Å². The van der Waals surface area contributed by atoms with E-state index in [1.54, 1.807) is 6.20 Å². The maximum Gasteiger partial charge on any atom is 0.110 e. The van der Waals surface area contributed by atoms with E-state index in [1.807, 2.05) is 28.2 Å².